The van der Waals surface area contributed by atoms with E-state index in [-0.39, 0.29) is 0 Å². The van der Waals surface area contributed by atoms with Gasteiger partial charge in [-0.3, -0.25) is 0 Å². The Morgan fingerprint density at radius 2 is 1.92 bits per heavy atom. The van der Waals surface area contributed by atoms with Crippen LogP contribution in [-0.4, -0.2) is 11.2 Å². The van der Waals surface area contributed by atoms with Gasteiger partial charge in [-0.05, 0) is 11.6 Å². The summed E-state index contributed by atoms with van der Waals surface area (Å²) in [5.74, 6) is 0. The molecule has 2 heteroatoms. The minimum absolute atomic E-state index is 0.902. The van der Waals surface area contributed by atoms with E-state index in [2.05, 4.69) is 4.98 Å². The molecule has 0 aliphatic heterocycles. The maximum atomic E-state index is 7.07. The minimum atomic E-state index is 0.902. The van der Waals surface area contributed by atoms with Crippen molar-refractivity contribution in [3.63, 3.8) is 0 Å². The lowest BCUT2D eigenvalue weighted by atomic mass is 10.1. The molecule has 2 aromatic rings. The molecule has 0 saturated heterocycles. The summed E-state index contributed by atoms with van der Waals surface area (Å²) in [5.41, 5.74) is 3.11. The molecule has 0 aliphatic rings. The van der Waals surface area contributed by atoms with Crippen molar-refractivity contribution in [1.82, 2.24) is 4.98 Å². The van der Waals surface area contributed by atoms with E-state index < -0.39 is 0 Å². The highest BCUT2D eigenvalue weighted by Gasteiger charge is 1.98. The first-order valence-corrected chi connectivity index (χ1v) is 4.14. The number of hydrogen-bond acceptors (Lipinski definition) is 1. The summed E-state index contributed by atoms with van der Waals surface area (Å²) in [5, 5.41) is 7.07. The smallest absolute Gasteiger partial charge is 0.0460 e. The van der Waals surface area contributed by atoms with Crippen molar-refractivity contribution in [2.45, 2.75) is 0 Å². The highest BCUT2D eigenvalue weighted by atomic mass is 14.7. The summed E-state index contributed by atoms with van der Waals surface area (Å²) >= 11 is 0. The topological polar surface area (TPSA) is 39.6 Å². The molecule has 2 N–H and O–H groups in total. The molecule has 1 heterocycles. The largest absolute Gasteiger partial charge is 0.361 e. The predicted octanol–water partition coefficient (Wildman–Crippen LogP) is 2.68. The second-order valence-corrected chi connectivity index (χ2v) is 2.86. The normalized spacial score (nSPS) is 9.85. The van der Waals surface area contributed by atoms with Crippen LogP contribution >= 0.6 is 0 Å². The molecule has 0 bridgehead atoms. The zero-order valence-corrected chi connectivity index (χ0v) is 7.12. The fourth-order valence-corrected chi connectivity index (χ4v) is 1.28. The van der Waals surface area contributed by atoms with Gasteiger partial charge < -0.3 is 10.4 Å². The molecule has 0 aliphatic carbocycles. The van der Waals surface area contributed by atoms with E-state index in [9.17, 15) is 0 Å². The summed E-state index contributed by atoms with van der Waals surface area (Å²) in [7, 11) is 0. The van der Waals surface area contributed by atoms with E-state index >= 15 is 0 Å². The molecule has 0 radical (unpaired) electrons. The summed E-state index contributed by atoms with van der Waals surface area (Å²) < 4.78 is 0. The van der Waals surface area contributed by atoms with E-state index in [1.807, 2.05) is 42.6 Å². The van der Waals surface area contributed by atoms with Gasteiger partial charge in [0.15, 0.2) is 0 Å². The molecular weight excluding hydrogens is 160 g/mol. The predicted molar refractivity (Wildman–Crippen MR) is 54.1 cm³/mol. The monoisotopic (exact) mass is 170 g/mol. The van der Waals surface area contributed by atoms with Crippen molar-refractivity contribution >= 4 is 6.21 Å². The summed E-state index contributed by atoms with van der Waals surface area (Å²) in [4.78, 5) is 3.12. The lowest BCUT2D eigenvalue weighted by Crippen LogP contribution is -1.73. The van der Waals surface area contributed by atoms with Crippen molar-refractivity contribution in [1.29, 1.82) is 5.41 Å². The van der Waals surface area contributed by atoms with Crippen LogP contribution in [0.25, 0.3) is 11.3 Å². The van der Waals surface area contributed by atoms with Crippen LogP contribution in [0, 0.1) is 5.41 Å². The van der Waals surface area contributed by atoms with E-state index in [1.54, 1.807) is 0 Å². The summed E-state index contributed by atoms with van der Waals surface area (Å²) in [6, 6.07) is 12.0. The first-order valence-electron chi connectivity index (χ1n) is 4.14. The Morgan fingerprint density at radius 3 is 2.54 bits per heavy atom. The third-order valence-electron chi connectivity index (χ3n) is 1.96. The third-order valence-corrected chi connectivity index (χ3v) is 1.96. The number of hydrogen-bond donors (Lipinski definition) is 2. The number of H-pyrrole nitrogens is 1. The molecule has 2 nitrogen and oxygen atoms in total. The maximum absolute atomic E-state index is 7.07. The molecule has 13 heavy (non-hydrogen) atoms. The van der Waals surface area contributed by atoms with Crippen LogP contribution in [0.3, 0.4) is 0 Å². The van der Waals surface area contributed by atoms with Crippen molar-refractivity contribution < 1.29 is 0 Å². The van der Waals surface area contributed by atoms with E-state index in [1.165, 1.54) is 6.21 Å². The second-order valence-electron chi connectivity index (χ2n) is 2.86. The van der Waals surface area contributed by atoms with Gasteiger partial charge in [-0.25, -0.2) is 0 Å². The van der Waals surface area contributed by atoms with Gasteiger partial charge in [0, 0.05) is 23.7 Å². The van der Waals surface area contributed by atoms with Gasteiger partial charge in [-0.15, -0.1) is 0 Å². The average Bonchev–Trinajstić information content (AvgIpc) is 2.67. The van der Waals surface area contributed by atoms with E-state index in [0.29, 0.717) is 0 Å². The standard InChI is InChI=1S/C11H10N2/c12-7-9-6-11(13-8-9)10-4-2-1-3-5-10/h1-8,12-13H. The average molecular weight is 170 g/mol. The Kier molecular flexibility index (Phi) is 1.96. The highest BCUT2D eigenvalue weighted by molar-refractivity contribution is 5.79. The molecule has 64 valence electrons. The zero-order chi connectivity index (χ0) is 9.10. The fourth-order valence-electron chi connectivity index (χ4n) is 1.28. The zero-order valence-electron chi connectivity index (χ0n) is 7.12. The van der Waals surface area contributed by atoms with Crippen molar-refractivity contribution in [2.24, 2.45) is 0 Å². The number of aromatic nitrogens is 1. The summed E-state index contributed by atoms with van der Waals surface area (Å²) in [6.07, 6.45) is 3.16. The number of rotatable bonds is 2. The number of nitrogens with one attached hydrogen (secondary N) is 2. The Hall–Kier alpha value is -1.83. The van der Waals surface area contributed by atoms with Crippen molar-refractivity contribution in [3.05, 3.63) is 48.2 Å². The van der Waals surface area contributed by atoms with Crippen molar-refractivity contribution in [3.8, 4) is 11.3 Å². The van der Waals surface area contributed by atoms with Crippen LogP contribution in [0.2, 0.25) is 0 Å². The van der Waals surface area contributed by atoms with Gasteiger partial charge in [0.25, 0.3) is 0 Å². The molecule has 0 atom stereocenters. The number of benzene rings is 1. The Balaban J connectivity index is 2.41. The van der Waals surface area contributed by atoms with Crippen LogP contribution in [0.5, 0.6) is 0 Å². The molecule has 0 amide bonds. The van der Waals surface area contributed by atoms with Crippen molar-refractivity contribution in [2.75, 3.05) is 0 Å². The van der Waals surface area contributed by atoms with Gasteiger partial charge >= 0.3 is 0 Å². The van der Waals surface area contributed by atoms with Gasteiger partial charge in [0.05, 0.1) is 0 Å². The molecular formula is C11H10N2. The van der Waals surface area contributed by atoms with Crippen LogP contribution in [-0.2, 0) is 0 Å². The fraction of sp³-hybridized carbons (Fsp3) is 0. The lowest BCUT2D eigenvalue weighted by molar-refractivity contribution is 1.40. The van der Waals surface area contributed by atoms with Gasteiger partial charge in [-0.1, -0.05) is 30.3 Å². The molecule has 0 unspecified atom stereocenters. The maximum Gasteiger partial charge on any atom is 0.0460 e. The highest BCUT2D eigenvalue weighted by Crippen LogP contribution is 2.17. The first kappa shape index (κ1) is 7.80. The number of aromatic amines is 1. The Morgan fingerprint density at radius 1 is 1.15 bits per heavy atom. The quantitative estimate of drug-likeness (QED) is 0.650. The van der Waals surface area contributed by atoms with Gasteiger partial charge in [0.1, 0.15) is 0 Å². The first-order chi connectivity index (χ1) is 6.40. The minimum Gasteiger partial charge on any atom is -0.361 e. The lowest BCUT2D eigenvalue weighted by Gasteiger charge is -1.94. The van der Waals surface area contributed by atoms with Gasteiger partial charge in [-0.2, -0.15) is 0 Å². The molecule has 1 aromatic heterocycles. The molecule has 2 rings (SSSR count). The van der Waals surface area contributed by atoms with E-state index in [0.717, 1.165) is 16.8 Å². The molecule has 0 fully saturated rings. The Bertz CT molecular complexity index is 401. The molecule has 1 aromatic carbocycles. The van der Waals surface area contributed by atoms with E-state index in [4.69, 9.17) is 5.41 Å². The van der Waals surface area contributed by atoms with Crippen LogP contribution in [0.1, 0.15) is 5.56 Å². The third kappa shape index (κ3) is 1.51. The summed E-state index contributed by atoms with van der Waals surface area (Å²) in [6.45, 7) is 0. The Labute approximate surface area is 76.7 Å². The van der Waals surface area contributed by atoms with Crippen LogP contribution < -0.4 is 0 Å². The SMILES string of the molecule is N=Cc1c[nH]c(-c2ccccc2)c1. The second kappa shape index (κ2) is 3.27. The van der Waals surface area contributed by atoms with Gasteiger partial charge in [0.2, 0.25) is 0 Å². The van der Waals surface area contributed by atoms with Crippen LogP contribution in [0.15, 0.2) is 42.6 Å². The molecule has 0 spiro atoms. The van der Waals surface area contributed by atoms with Crippen LogP contribution in [0.4, 0.5) is 0 Å². The molecule has 0 saturated carbocycles.